The number of fused-ring (bicyclic) bond motifs is 1. The molecule has 1 aromatic heterocycles. The van der Waals surface area contributed by atoms with Crippen LogP contribution in [0.3, 0.4) is 0 Å². The molecule has 2 aliphatic rings. The predicted molar refractivity (Wildman–Crippen MR) is 68.9 cm³/mol. The third-order valence-electron chi connectivity index (χ3n) is 2.83. The maximum atomic E-state index is 4.38. The minimum atomic E-state index is 0.861. The van der Waals surface area contributed by atoms with Crippen LogP contribution in [0.15, 0.2) is 35.0 Å². The van der Waals surface area contributed by atoms with Crippen LogP contribution in [0, 0.1) is 6.92 Å². The third-order valence-corrected chi connectivity index (χ3v) is 4.28. The molecule has 0 radical (unpaired) electrons. The Kier molecular flexibility index (Phi) is 1.83. The summed E-state index contributed by atoms with van der Waals surface area (Å²) in [5, 5.41) is 3.00. The highest BCUT2D eigenvalue weighted by atomic mass is 31.0. The molecule has 0 bridgehead atoms. The monoisotopic (exact) mass is 213 g/mol. The first-order valence-electron chi connectivity index (χ1n) is 5.09. The van der Waals surface area contributed by atoms with Gasteiger partial charge in [0.25, 0.3) is 0 Å². The molecule has 2 heteroatoms. The van der Waals surface area contributed by atoms with Crippen molar-refractivity contribution in [1.29, 1.82) is 0 Å². The molecular weight excluding hydrogens is 201 g/mol. The smallest absolute Gasteiger partial charge is 0.0708 e. The SMILES string of the molecule is CC1=CC(=C2C=CC=N2)c2cc(C)[pH]c21. The van der Waals surface area contributed by atoms with Gasteiger partial charge in [-0.25, -0.2) is 0 Å². The molecule has 1 aliphatic heterocycles. The van der Waals surface area contributed by atoms with E-state index in [4.69, 9.17) is 0 Å². The first kappa shape index (κ1) is 8.94. The van der Waals surface area contributed by atoms with Gasteiger partial charge in [0.05, 0.1) is 5.70 Å². The second-order valence-corrected chi connectivity index (χ2v) is 5.54. The molecule has 74 valence electrons. The number of aliphatic imine (C=N–C) groups is 1. The number of rotatable bonds is 0. The fourth-order valence-electron chi connectivity index (χ4n) is 2.15. The molecule has 1 nitrogen and oxygen atoms in total. The van der Waals surface area contributed by atoms with Gasteiger partial charge in [0.15, 0.2) is 0 Å². The molecule has 0 saturated carbocycles. The van der Waals surface area contributed by atoms with Crippen LogP contribution in [0.25, 0.3) is 11.1 Å². The van der Waals surface area contributed by atoms with Gasteiger partial charge in [-0.3, -0.25) is 4.99 Å². The van der Waals surface area contributed by atoms with Gasteiger partial charge in [-0.05, 0) is 54.6 Å². The Morgan fingerprint density at radius 2 is 2.13 bits per heavy atom. The molecule has 3 rings (SSSR count). The number of hydrogen-bond acceptors (Lipinski definition) is 1. The van der Waals surface area contributed by atoms with Gasteiger partial charge in [0.2, 0.25) is 0 Å². The summed E-state index contributed by atoms with van der Waals surface area (Å²) in [5.74, 6) is 0. The Bertz CT molecular complexity index is 539. The van der Waals surface area contributed by atoms with E-state index in [1.54, 1.807) is 0 Å². The lowest BCUT2D eigenvalue weighted by Gasteiger charge is -1.97. The molecule has 0 amide bonds. The lowest BCUT2D eigenvalue weighted by molar-refractivity contribution is 1.47. The molecule has 0 saturated heterocycles. The molecule has 0 N–H and O–H groups in total. The number of nitrogens with zero attached hydrogens (tertiary/aromatic N) is 1. The van der Waals surface area contributed by atoms with Crippen molar-refractivity contribution >= 4 is 25.6 Å². The lowest BCUT2D eigenvalue weighted by atomic mass is 10.1. The van der Waals surface area contributed by atoms with Crippen LogP contribution in [0.1, 0.15) is 23.1 Å². The molecule has 0 spiro atoms. The zero-order valence-corrected chi connectivity index (χ0v) is 9.83. The molecule has 2 heterocycles. The Hall–Kier alpha value is -1.33. The zero-order valence-electron chi connectivity index (χ0n) is 8.83. The number of aryl methyl sites for hydroxylation is 1. The highest BCUT2D eigenvalue weighted by Crippen LogP contribution is 2.44. The van der Waals surface area contributed by atoms with Gasteiger partial charge in [-0.15, -0.1) is 8.19 Å². The quantitative estimate of drug-likeness (QED) is 0.621. The van der Waals surface area contributed by atoms with E-state index in [1.165, 1.54) is 27.3 Å². The third kappa shape index (κ3) is 1.27. The largest absolute Gasteiger partial charge is 0.256 e. The Morgan fingerprint density at radius 3 is 2.87 bits per heavy atom. The minimum absolute atomic E-state index is 0.861. The van der Waals surface area contributed by atoms with Gasteiger partial charge >= 0.3 is 0 Å². The topological polar surface area (TPSA) is 12.4 Å². The zero-order chi connectivity index (χ0) is 10.4. The first-order valence-corrected chi connectivity index (χ1v) is 6.09. The summed E-state index contributed by atoms with van der Waals surface area (Å²) < 4.78 is 0. The Morgan fingerprint density at radius 1 is 1.27 bits per heavy atom. The second kappa shape index (κ2) is 3.08. The minimum Gasteiger partial charge on any atom is -0.256 e. The standard InChI is InChI=1S/C13H12NP/c1-8-6-10(12-4-3-5-14-12)11-7-9(2)15-13(8)11/h3-7,15H,1-2H3. The Labute approximate surface area is 91.0 Å². The molecule has 15 heavy (non-hydrogen) atoms. The normalized spacial score (nSPS) is 22.9. The van der Waals surface area contributed by atoms with Crippen molar-refractivity contribution in [2.75, 3.05) is 0 Å². The second-order valence-electron chi connectivity index (χ2n) is 4.00. The van der Waals surface area contributed by atoms with Crippen molar-refractivity contribution in [3.05, 3.63) is 46.1 Å². The average molecular weight is 213 g/mol. The van der Waals surface area contributed by atoms with E-state index < -0.39 is 0 Å². The lowest BCUT2D eigenvalue weighted by Crippen LogP contribution is -1.78. The van der Waals surface area contributed by atoms with Crippen molar-refractivity contribution in [3.63, 3.8) is 0 Å². The maximum Gasteiger partial charge on any atom is 0.0708 e. The van der Waals surface area contributed by atoms with E-state index in [0.717, 1.165) is 13.9 Å². The van der Waals surface area contributed by atoms with Crippen LogP contribution in [-0.4, -0.2) is 6.21 Å². The predicted octanol–water partition coefficient (Wildman–Crippen LogP) is 3.79. The van der Waals surface area contributed by atoms with E-state index in [0.29, 0.717) is 0 Å². The highest BCUT2D eigenvalue weighted by Gasteiger charge is 2.19. The van der Waals surface area contributed by atoms with Gasteiger partial charge in [-0.2, -0.15) is 0 Å². The van der Waals surface area contributed by atoms with Crippen LogP contribution in [0.4, 0.5) is 0 Å². The average Bonchev–Trinajstić information content (AvgIpc) is 2.85. The molecule has 1 atom stereocenters. The van der Waals surface area contributed by atoms with Gasteiger partial charge in [0, 0.05) is 17.1 Å². The van der Waals surface area contributed by atoms with Crippen molar-refractivity contribution in [2.24, 2.45) is 4.99 Å². The van der Waals surface area contributed by atoms with Gasteiger partial charge in [0.1, 0.15) is 0 Å². The molecule has 1 aromatic rings. The summed E-state index contributed by atoms with van der Waals surface area (Å²) in [7, 11) is 0.861. The number of hydrogen-bond donors (Lipinski definition) is 0. The summed E-state index contributed by atoms with van der Waals surface area (Å²) in [6, 6.07) is 2.31. The fraction of sp³-hybridized carbons (Fsp3) is 0.154. The molecule has 0 aromatic carbocycles. The highest BCUT2D eigenvalue weighted by molar-refractivity contribution is 7.33. The van der Waals surface area contributed by atoms with Crippen molar-refractivity contribution < 1.29 is 0 Å². The molecular formula is C13H12NP. The van der Waals surface area contributed by atoms with Crippen molar-refractivity contribution in [3.8, 4) is 0 Å². The summed E-state index contributed by atoms with van der Waals surface area (Å²) >= 11 is 0. The number of allylic oxidation sites excluding steroid dienone is 5. The Balaban J connectivity index is 2.27. The van der Waals surface area contributed by atoms with E-state index in [9.17, 15) is 0 Å². The molecule has 1 aliphatic carbocycles. The van der Waals surface area contributed by atoms with E-state index in [2.05, 4.69) is 37.1 Å². The first-order chi connectivity index (χ1) is 7.25. The van der Waals surface area contributed by atoms with Crippen molar-refractivity contribution in [2.45, 2.75) is 13.8 Å². The summed E-state index contributed by atoms with van der Waals surface area (Å²) in [4.78, 5) is 4.38. The summed E-state index contributed by atoms with van der Waals surface area (Å²) in [6.07, 6.45) is 8.21. The van der Waals surface area contributed by atoms with Gasteiger partial charge < -0.3 is 0 Å². The summed E-state index contributed by atoms with van der Waals surface area (Å²) in [6.45, 7) is 4.41. The van der Waals surface area contributed by atoms with Crippen LogP contribution in [0.2, 0.25) is 0 Å². The van der Waals surface area contributed by atoms with E-state index in [1.807, 2.05) is 12.3 Å². The van der Waals surface area contributed by atoms with E-state index >= 15 is 0 Å². The van der Waals surface area contributed by atoms with Crippen LogP contribution < -0.4 is 0 Å². The molecule has 0 fully saturated rings. The van der Waals surface area contributed by atoms with Gasteiger partial charge in [-0.1, -0.05) is 0 Å². The summed E-state index contributed by atoms with van der Waals surface area (Å²) in [5.41, 5.74) is 5.23. The van der Waals surface area contributed by atoms with Crippen molar-refractivity contribution in [1.82, 2.24) is 0 Å². The molecule has 1 unspecified atom stereocenters. The maximum absolute atomic E-state index is 4.38. The fourth-order valence-corrected chi connectivity index (χ4v) is 3.37. The van der Waals surface area contributed by atoms with E-state index in [-0.39, 0.29) is 0 Å². The van der Waals surface area contributed by atoms with Crippen LogP contribution in [0.5, 0.6) is 0 Å². The van der Waals surface area contributed by atoms with Crippen LogP contribution >= 0.6 is 8.19 Å². The van der Waals surface area contributed by atoms with Crippen LogP contribution in [-0.2, 0) is 0 Å².